The standard InChI is InChI=1S/C14H17FN2O3/c15-12-6-2-1-5-11(12)14(19)17-9-13(18)16-8-10-4-3-7-20-10/h1-2,5-6,10H,3-4,7-9H2,(H,16,18)(H,17,19). The molecule has 0 bridgehead atoms. The van der Waals surface area contributed by atoms with Crippen LogP contribution >= 0.6 is 0 Å². The largest absolute Gasteiger partial charge is 0.376 e. The van der Waals surface area contributed by atoms with Crippen molar-refractivity contribution in [3.05, 3.63) is 35.6 Å². The number of amides is 2. The van der Waals surface area contributed by atoms with E-state index in [0.29, 0.717) is 6.54 Å². The average Bonchev–Trinajstić information content (AvgIpc) is 2.96. The van der Waals surface area contributed by atoms with Crippen molar-refractivity contribution in [3.63, 3.8) is 0 Å². The first kappa shape index (κ1) is 14.5. The third kappa shape index (κ3) is 4.03. The molecule has 1 aliphatic rings. The van der Waals surface area contributed by atoms with E-state index < -0.39 is 11.7 Å². The lowest BCUT2D eigenvalue weighted by Crippen LogP contribution is -2.40. The minimum absolute atomic E-state index is 0.0567. The maximum atomic E-state index is 13.3. The van der Waals surface area contributed by atoms with E-state index in [1.807, 2.05) is 0 Å². The molecule has 108 valence electrons. The molecule has 1 fully saturated rings. The first-order valence-electron chi connectivity index (χ1n) is 6.58. The van der Waals surface area contributed by atoms with Crippen molar-refractivity contribution in [3.8, 4) is 0 Å². The second-order valence-electron chi connectivity index (χ2n) is 4.60. The molecule has 1 heterocycles. The fourth-order valence-electron chi connectivity index (χ4n) is 2.00. The van der Waals surface area contributed by atoms with Gasteiger partial charge in [0.15, 0.2) is 0 Å². The lowest BCUT2D eigenvalue weighted by Gasteiger charge is -2.11. The van der Waals surface area contributed by atoms with Gasteiger partial charge in [-0.25, -0.2) is 4.39 Å². The minimum Gasteiger partial charge on any atom is -0.376 e. The number of halogens is 1. The van der Waals surface area contributed by atoms with Gasteiger partial charge in [-0.15, -0.1) is 0 Å². The van der Waals surface area contributed by atoms with Gasteiger partial charge in [0.25, 0.3) is 5.91 Å². The zero-order valence-electron chi connectivity index (χ0n) is 11.0. The third-order valence-corrected chi connectivity index (χ3v) is 3.08. The van der Waals surface area contributed by atoms with E-state index in [0.717, 1.165) is 19.4 Å². The first-order chi connectivity index (χ1) is 9.66. The van der Waals surface area contributed by atoms with Crippen LogP contribution in [0.15, 0.2) is 24.3 Å². The fraction of sp³-hybridized carbons (Fsp3) is 0.429. The summed E-state index contributed by atoms with van der Waals surface area (Å²) in [4.78, 5) is 23.2. The predicted molar refractivity (Wildman–Crippen MR) is 70.7 cm³/mol. The molecule has 2 amide bonds. The number of ether oxygens (including phenoxy) is 1. The summed E-state index contributed by atoms with van der Waals surface area (Å²) < 4.78 is 18.7. The summed E-state index contributed by atoms with van der Waals surface area (Å²) >= 11 is 0. The highest BCUT2D eigenvalue weighted by Crippen LogP contribution is 2.10. The monoisotopic (exact) mass is 280 g/mol. The van der Waals surface area contributed by atoms with Gasteiger partial charge in [0.1, 0.15) is 5.82 Å². The number of nitrogens with one attached hydrogen (secondary N) is 2. The van der Waals surface area contributed by atoms with Crippen LogP contribution in [0.3, 0.4) is 0 Å². The van der Waals surface area contributed by atoms with Gasteiger partial charge in [0.2, 0.25) is 5.91 Å². The molecule has 1 aromatic carbocycles. The molecule has 1 unspecified atom stereocenters. The quantitative estimate of drug-likeness (QED) is 0.840. The summed E-state index contributed by atoms with van der Waals surface area (Å²) in [6.07, 6.45) is 1.99. The topological polar surface area (TPSA) is 67.4 Å². The number of hydrogen-bond donors (Lipinski definition) is 2. The molecule has 0 spiro atoms. The van der Waals surface area contributed by atoms with Gasteiger partial charge >= 0.3 is 0 Å². The van der Waals surface area contributed by atoms with E-state index >= 15 is 0 Å². The molecule has 1 atom stereocenters. The number of hydrogen-bond acceptors (Lipinski definition) is 3. The SMILES string of the molecule is O=C(CNC(=O)c1ccccc1F)NCC1CCCO1. The van der Waals surface area contributed by atoms with E-state index in [1.54, 1.807) is 6.07 Å². The van der Waals surface area contributed by atoms with Gasteiger partial charge in [-0.05, 0) is 25.0 Å². The zero-order chi connectivity index (χ0) is 14.4. The summed E-state index contributed by atoms with van der Waals surface area (Å²) in [5.74, 6) is -1.52. The van der Waals surface area contributed by atoms with Crippen LogP contribution in [0, 0.1) is 5.82 Å². The number of carbonyl (C=O) groups is 2. The van der Waals surface area contributed by atoms with Crippen LogP contribution in [0.25, 0.3) is 0 Å². The molecule has 0 radical (unpaired) electrons. The van der Waals surface area contributed by atoms with E-state index in [1.165, 1.54) is 18.2 Å². The summed E-state index contributed by atoms with van der Waals surface area (Å²) in [6.45, 7) is 0.985. The zero-order valence-corrected chi connectivity index (χ0v) is 11.0. The van der Waals surface area contributed by atoms with Crippen molar-refractivity contribution >= 4 is 11.8 Å². The Labute approximate surface area is 116 Å². The van der Waals surface area contributed by atoms with Crippen LogP contribution in [-0.4, -0.2) is 37.6 Å². The Morgan fingerprint density at radius 1 is 1.30 bits per heavy atom. The van der Waals surface area contributed by atoms with Crippen molar-refractivity contribution in [1.82, 2.24) is 10.6 Å². The number of rotatable bonds is 5. The third-order valence-electron chi connectivity index (χ3n) is 3.08. The lowest BCUT2D eigenvalue weighted by molar-refractivity contribution is -0.120. The normalized spacial score (nSPS) is 17.8. The van der Waals surface area contributed by atoms with E-state index in [9.17, 15) is 14.0 Å². The van der Waals surface area contributed by atoms with E-state index in [-0.39, 0.29) is 24.1 Å². The van der Waals surface area contributed by atoms with E-state index in [4.69, 9.17) is 4.74 Å². The molecule has 0 saturated carbocycles. The fourth-order valence-corrected chi connectivity index (χ4v) is 2.00. The van der Waals surface area contributed by atoms with E-state index in [2.05, 4.69) is 10.6 Å². The molecule has 1 aliphatic heterocycles. The lowest BCUT2D eigenvalue weighted by atomic mass is 10.2. The summed E-state index contributed by atoms with van der Waals surface area (Å²) in [7, 11) is 0. The molecule has 20 heavy (non-hydrogen) atoms. The van der Waals surface area contributed by atoms with Gasteiger partial charge in [-0.2, -0.15) is 0 Å². The first-order valence-corrected chi connectivity index (χ1v) is 6.58. The van der Waals surface area contributed by atoms with Gasteiger partial charge in [0, 0.05) is 13.2 Å². The second-order valence-corrected chi connectivity index (χ2v) is 4.60. The maximum Gasteiger partial charge on any atom is 0.254 e. The number of carbonyl (C=O) groups excluding carboxylic acids is 2. The Bertz CT molecular complexity index is 487. The highest BCUT2D eigenvalue weighted by Gasteiger charge is 2.16. The average molecular weight is 280 g/mol. The Hall–Kier alpha value is -1.95. The van der Waals surface area contributed by atoms with Gasteiger partial charge < -0.3 is 15.4 Å². The highest BCUT2D eigenvalue weighted by molar-refractivity contribution is 5.96. The van der Waals surface area contributed by atoms with Crippen molar-refractivity contribution in [2.45, 2.75) is 18.9 Å². The summed E-state index contributed by atoms with van der Waals surface area (Å²) in [5.41, 5.74) is -0.0700. The second kappa shape index (κ2) is 7.00. The van der Waals surface area contributed by atoms with Crippen LogP contribution in [0.5, 0.6) is 0 Å². The molecule has 6 heteroatoms. The molecule has 0 aromatic heterocycles. The Morgan fingerprint density at radius 2 is 2.10 bits per heavy atom. The molecule has 2 N–H and O–H groups in total. The molecular weight excluding hydrogens is 263 g/mol. The summed E-state index contributed by atoms with van der Waals surface area (Å²) in [6, 6.07) is 5.64. The van der Waals surface area contributed by atoms with Crippen LogP contribution in [0.1, 0.15) is 23.2 Å². The Balaban J connectivity index is 1.72. The maximum absolute atomic E-state index is 13.3. The van der Waals surface area contributed by atoms with Gasteiger partial charge in [0.05, 0.1) is 18.2 Å². The molecule has 1 saturated heterocycles. The molecule has 1 aromatic rings. The van der Waals surface area contributed by atoms with Crippen LogP contribution in [0.4, 0.5) is 4.39 Å². The smallest absolute Gasteiger partial charge is 0.254 e. The van der Waals surface area contributed by atoms with Crippen molar-refractivity contribution in [1.29, 1.82) is 0 Å². The van der Waals surface area contributed by atoms with Crippen molar-refractivity contribution < 1.29 is 18.7 Å². The van der Waals surface area contributed by atoms with Gasteiger partial charge in [-0.1, -0.05) is 12.1 Å². The predicted octanol–water partition coefficient (Wildman–Crippen LogP) is 0.851. The molecule has 5 nitrogen and oxygen atoms in total. The van der Waals surface area contributed by atoms with Crippen LogP contribution in [-0.2, 0) is 9.53 Å². The van der Waals surface area contributed by atoms with Gasteiger partial charge in [-0.3, -0.25) is 9.59 Å². The Morgan fingerprint density at radius 3 is 2.80 bits per heavy atom. The molecule has 2 rings (SSSR count). The number of benzene rings is 1. The Kier molecular flexibility index (Phi) is 5.06. The van der Waals surface area contributed by atoms with Crippen molar-refractivity contribution in [2.75, 3.05) is 19.7 Å². The van der Waals surface area contributed by atoms with Crippen molar-refractivity contribution in [2.24, 2.45) is 0 Å². The minimum atomic E-state index is -0.607. The van der Waals surface area contributed by atoms with Crippen LogP contribution in [0.2, 0.25) is 0 Å². The molecular formula is C14H17FN2O3. The highest BCUT2D eigenvalue weighted by atomic mass is 19.1. The van der Waals surface area contributed by atoms with Crippen LogP contribution < -0.4 is 10.6 Å². The molecule has 0 aliphatic carbocycles. The summed E-state index contributed by atoms with van der Waals surface area (Å²) in [5, 5.41) is 5.06.